The summed E-state index contributed by atoms with van der Waals surface area (Å²) in [6.45, 7) is 3.07. The van der Waals surface area contributed by atoms with Crippen LogP contribution in [0, 0.1) is 6.92 Å². The number of anilines is 1. The summed E-state index contributed by atoms with van der Waals surface area (Å²) in [7, 11) is 2.68. The zero-order valence-electron chi connectivity index (χ0n) is 11.1. The number of aryl methyl sites for hydroxylation is 1. The van der Waals surface area contributed by atoms with E-state index in [0.717, 1.165) is 11.0 Å². The van der Waals surface area contributed by atoms with Crippen LogP contribution in [0.4, 0.5) is 10.5 Å². The summed E-state index contributed by atoms with van der Waals surface area (Å²) in [5.41, 5.74) is 2.03. The maximum atomic E-state index is 12.0. The van der Waals surface area contributed by atoms with Crippen molar-refractivity contribution in [1.29, 1.82) is 0 Å². The maximum absolute atomic E-state index is 12.0. The molecular weight excluding hydrogens is 275 g/mol. The second kappa shape index (κ2) is 5.21. The summed E-state index contributed by atoms with van der Waals surface area (Å²) in [4.78, 5) is 13.6. The summed E-state index contributed by atoms with van der Waals surface area (Å²) >= 11 is 0. The van der Waals surface area contributed by atoms with Gasteiger partial charge in [0.1, 0.15) is 6.10 Å². The first-order valence-electron chi connectivity index (χ1n) is 6.32. The number of rotatable bonds is 3. The van der Waals surface area contributed by atoms with Crippen molar-refractivity contribution in [2.45, 2.75) is 19.6 Å². The number of hydrogen-bond donors (Lipinski definition) is 0. The summed E-state index contributed by atoms with van der Waals surface area (Å²) in [5, 5.41) is 8.70. The molecule has 1 aromatic carbocycles. The minimum atomic E-state index is -0.316. The van der Waals surface area contributed by atoms with Crippen molar-refractivity contribution >= 4 is 26.3 Å². The molecule has 104 valence electrons. The van der Waals surface area contributed by atoms with Crippen LogP contribution < -0.4 is 10.2 Å². The van der Waals surface area contributed by atoms with Crippen LogP contribution in [0.25, 0.3) is 0 Å². The van der Waals surface area contributed by atoms with E-state index in [1.54, 1.807) is 22.0 Å². The highest BCUT2D eigenvalue weighted by Gasteiger charge is 2.32. The minimum Gasteiger partial charge on any atom is -0.442 e. The third kappa shape index (κ3) is 2.51. The normalized spacial score (nSPS) is 18.4. The van der Waals surface area contributed by atoms with Gasteiger partial charge in [-0.3, -0.25) is 4.90 Å². The second-order valence-corrected chi connectivity index (χ2v) is 5.40. The van der Waals surface area contributed by atoms with Gasteiger partial charge in [-0.05, 0) is 29.9 Å². The van der Waals surface area contributed by atoms with Gasteiger partial charge in [0.25, 0.3) is 0 Å². The molecule has 2 unspecified atom stereocenters. The van der Waals surface area contributed by atoms with Gasteiger partial charge < -0.3 is 4.74 Å². The number of carbonyl (C=O) groups is 1. The van der Waals surface area contributed by atoms with E-state index in [1.807, 2.05) is 25.1 Å². The van der Waals surface area contributed by atoms with Crippen molar-refractivity contribution in [2.24, 2.45) is 0 Å². The standard InChI is InChI=1S/C13H15N4O2P/c1-9-2-3-10(6-12(9)20)17-8-11(19-13(17)18)7-16-5-4-14-15-16/h2-6,11H,7-8,20H2,1H3. The van der Waals surface area contributed by atoms with E-state index in [-0.39, 0.29) is 12.2 Å². The lowest BCUT2D eigenvalue weighted by molar-refractivity contribution is 0.129. The van der Waals surface area contributed by atoms with Crippen LogP contribution in [0.3, 0.4) is 0 Å². The molecule has 0 aliphatic carbocycles. The number of cyclic esters (lactones) is 1. The second-order valence-electron chi connectivity index (χ2n) is 4.78. The molecule has 0 N–H and O–H groups in total. The Morgan fingerprint density at radius 2 is 2.35 bits per heavy atom. The number of nitrogens with zero attached hydrogens (tertiary/aromatic N) is 4. The van der Waals surface area contributed by atoms with E-state index in [9.17, 15) is 4.79 Å². The Kier molecular flexibility index (Phi) is 3.40. The molecule has 1 aliphatic rings. The number of carbonyl (C=O) groups excluding carboxylic acids is 1. The fraction of sp³-hybridized carbons (Fsp3) is 0.308. The fourth-order valence-electron chi connectivity index (χ4n) is 2.16. The third-order valence-electron chi connectivity index (χ3n) is 3.31. The van der Waals surface area contributed by atoms with Crippen LogP contribution in [-0.4, -0.2) is 33.7 Å². The van der Waals surface area contributed by atoms with Crippen molar-refractivity contribution in [3.05, 3.63) is 36.2 Å². The first-order chi connectivity index (χ1) is 9.63. The molecule has 20 heavy (non-hydrogen) atoms. The first kappa shape index (κ1) is 13.1. The molecule has 1 amide bonds. The molecule has 1 fully saturated rings. The molecule has 2 atom stereocenters. The fourth-order valence-corrected chi connectivity index (χ4v) is 2.43. The van der Waals surface area contributed by atoms with Crippen molar-refractivity contribution in [3.63, 3.8) is 0 Å². The summed E-state index contributed by atoms with van der Waals surface area (Å²) < 4.78 is 7.03. The van der Waals surface area contributed by atoms with Crippen LogP contribution >= 0.6 is 9.24 Å². The van der Waals surface area contributed by atoms with E-state index in [1.165, 1.54) is 5.56 Å². The molecular formula is C13H15N4O2P. The van der Waals surface area contributed by atoms with Gasteiger partial charge in [-0.15, -0.1) is 14.3 Å². The number of hydrogen-bond acceptors (Lipinski definition) is 4. The zero-order chi connectivity index (χ0) is 14.1. The zero-order valence-corrected chi connectivity index (χ0v) is 12.2. The Morgan fingerprint density at radius 3 is 3.05 bits per heavy atom. The minimum absolute atomic E-state index is 0.210. The van der Waals surface area contributed by atoms with Crippen molar-refractivity contribution in [3.8, 4) is 0 Å². The molecule has 2 heterocycles. The van der Waals surface area contributed by atoms with E-state index >= 15 is 0 Å². The molecule has 0 bridgehead atoms. The van der Waals surface area contributed by atoms with Gasteiger partial charge in [-0.2, -0.15) is 0 Å². The van der Waals surface area contributed by atoms with Crippen LogP contribution in [0.15, 0.2) is 30.6 Å². The molecule has 7 heteroatoms. The highest BCUT2D eigenvalue weighted by Crippen LogP contribution is 2.22. The maximum Gasteiger partial charge on any atom is 0.414 e. The van der Waals surface area contributed by atoms with Gasteiger partial charge >= 0.3 is 6.09 Å². The Labute approximate surface area is 118 Å². The molecule has 0 radical (unpaired) electrons. The largest absolute Gasteiger partial charge is 0.442 e. The molecule has 0 saturated carbocycles. The number of ether oxygens (including phenoxy) is 1. The summed E-state index contributed by atoms with van der Waals surface area (Å²) in [5.74, 6) is 0. The first-order valence-corrected chi connectivity index (χ1v) is 6.89. The quantitative estimate of drug-likeness (QED) is 0.795. The van der Waals surface area contributed by atoms with Crippen LogP contribution in [0.5, 0.6) is 0 Å². The lowest BCUT2D eigenvalue weighted by Crippen LogP contribution is -2.26. The lowest BCUT2D eigenvalue weighted by Gasteiger charge is -2.14. The predicted molar refractivity (Wildman–Crippen MR) is 78.2 cm³/mol. The molecule has 0 spiro atoms. The molecule has 2 aromatic rings. The lowest BCUT2D eigenvalue weighted by atomic mass is 10.2. The highest BCUT2D eigenvalue weighted by atomic mass is 31.0. The van der Waals surface area contributed by atoms with Gasteiger partial charge in [-0.25, -0.2) is 9.48 Å². The molecule has 6 nitrogen and oxygen atoms in total. The SMILES string of the molecule is Cc1ccc(N2CC(Cn3ccnn3)OC2=O)cc1P. The summed E-state index contributed by atoms with van der Waals surface area (Å²) in [6.07, 6.45) is 2.83. The average molecular weight is 290 g/mol. The predicted octanol–water partition coefficient (Wildman–Crippen LogP) is 1.11. The Morgan fingerprint density at radius 1 is 1.50 bits per heavy atom. The molecule has 1 aromatic heterocycles. The van der Waals surface area contributed by atoms with Gasteiger partial charge in [0, 0.05) is 11.9 Å². The number of benzene rings is 1. The van der Waals surface area contributed by atoms with Crippen molar-refractivity contribution in [2.75, 3.05) is 11.4 Å². The highest BCUT2D eigenvalue weighted by molar-refractivity contribution is 7.27. The number of aromatic nitrogens is 3. The van der Waals surface area contributed by atoms with Crippen molar-refractivity contribution < 1.29 is 9.53 Å². The van der Waals surface area contributed by atoms with E-state index < -0.39 is 0 Å². The Hall–Kier alpha value is -1.94. The monoisotopic (exact) mass is 290 g/mol. The van der Waals surface area contributed by atoms with Crippen molar-refractivity contribution in [1.82, 2.24) is 15.0 Å². The Balaban J connectivity index is 1.75. The molecule has 1 aliphatic heterocycles. The molecule has 3 rings (SSSR count). The van der Waals surface area contributed by atoms with Crippen LogP contribution in [-0.2, 0) is 11.3 Å². The Bertz CT molecular complexity index is 629. The summed E-state index contributed by atoms with van der Waals surface area (Å²) in [6, 6.07) is 5.90. The van der Waals surface area contributed by atoms with Gasteiger partial charge in [0.05, 0.1) is 19.3 Å². The van der Waals surface area contributed by atoms with Gasteiger partial charge in [-0.1, -0.05) is 11.3 Å². The molecule has 1 saturated heterocycles. The van der Waals surface area contributed by atoms with E-state index in [4.69, 9.17) is 4.74 Å². The number of amides is 1. The van der Waals surface area contributed by atoms with Gasteiger partial charge in [0.15, 0.2) is 0 Å². The average Bonchev–Trinajstić information content (AvgIpc) is 3.03. The third-order valence-corrected chi connectivity index (χ3v) is 3.93. The van der Waals surface area contributed by atoms with E-state index in [2.05, 4.69) is 19.6 Å². The van der Waals surface area contributed by atoms with Gasteiger partial charge in [0.2, 0.25) is 0 Å². The smallest absolute Gasteiger partial charge is 0.414 e. The van der Waals surface area contributed by atoms with Crippen LogP contribution in [0.1, 0.15) is 5.56 Å². The van der Waals surface area contributed by atoms with E-state index in [0.29, 0.717) is 13.1 Å². The van der Waals surface area contributed by atoms with Crippen LogP contribution in [0.2, 0.25) is 0 Å². The topological polar surface area (TPSA) is 60.3 Å².